The maximum absolute atomic E-state index is 12.3. The molecule has 0 radical (unpaired) electrons. The lowest BCUT2D eigenvalue weighted by molar-refractivity contribution is -0.143. The molecular weight excluding hydrogens is 306 g/mol. The molecule has 1 N–H and O–H groups in total. The third-order valence-corrected chi connectivity index (χ3v) is 4.56. The summed E-state index contributed by atoms with van der Waals surface area (Å²) in [6, 6.07) is -0.962. The lowest BCUT2D eigenvalue weighted by Crippen LogP contribution is -2.42. The van der Waals surface area contributed by atoms with E-state index in [-0.39, 0.29) is 16.0 Å². The summed E-state index contributed by atoms with van der Waals surface area (Å²) in [5.74, 6) is -0.524. The van der Waals surface area contributed by atoms with Crippen LogP contribution in [0.1, 0.15) is 20.3 Å². The summed E-state index contributed by atoms with van der Waals surface area (Å²) in [4.78, 5) is 11.7. The third kappa shape index (κ3) is 3.94. The highest BCUT2D eigenvalue weighted by atomic mass is 35.5. The Balaban J connectivity index is 3.06. The molecule has 0 aliphatic rings. The highest BCUT2D eigenvalue weighted by molar-refractivity contribution is 7.89. The first-order chi connectivity index (χ1) is 9.19. The van der Waals surface area contributed by atoms with E-state index in [1.165, 1.54) is 20.4 Å². The van der Waals surface area contributed by atoms with Crippen molar-refractivity contribution < 1.29 is 17.9 Å². The number of rotatable bonds is 6. The molecule has 1 rings (SSSR count). The van der Waals surface area contributed by atoms with Gasteiger partial charge in [0.2, 0.25) is 0 Å². The molecule has 114 valence electrons. The Morgan fingerprint density at radius 2 is 2.15 bits per heavy atom. The van der Waals surface area contributed by atoms with Gasteiger partial charge in [0.15, 0.2) is 5.03 Å². The van der Waals surface area contributed by atoms with Crippen molar-refractivity contribution in [2.24, 2.45) is 13.0 Å². The second-order valence-electron chi connectivity index (χ2n) is 4.75. The molecule has 0 bridgehead atoms. The van der Waals surface area contributed by atoms with Crippen LogP contribution in [0.25, 0.3) is 0 Å². The first-order valence-electron chi connectivity index (χ1n) is 5.96. The lowest BCUT2D eigenvalue weighted by Gasteiger charge is -2.18. The highest BCUT2D eigenvalue weighted by Gasteiger charge is 2.30. The maximum Gasteiger partial charge on any atom is 0.323 e. The van der Waals surface area contributed by atoms with Crippen LogP contribution in [0.4, 0.5) is 0 Å². The number of hydrogen-bond donors (Lipinski definition) is 1. The largest absolute Gasteiger partial charge is 0.468 e. The summed E-state index contributed by atoms with van der Waals surface area (Å²) < 4.78 is 32.6. The van der Waals surface area contributed by atoms with Gasteiger partial charge in [-0.3, -0.25) is 9.48 Å². The van der Waals surface area contributed by atoms with E-state index in [0.717, 1.165) is 4.68 Å². The third-order valence-electron chi connectivity index (χ3n) is 2.59. The molecule has 1 heterocycles. The van der Waals surface area contributed by atoms with Crippen molar-refractivity contribution in [1.29, 1.82) is 0 Å². The Bertz CT molecular complexity index is 563. The summed E-state index contributed by atoms with van der Waals surface area (Å²) in [7, 11) is -1.30. The quantitative estimate of drug-likeness (QED) is 0.787. The van der Waals surface area contributed by atoms with Gasteiger partial charge in [0.05, 0.1) is 18.3 Å². The van der Waals surface area contributed by atoms with Crippen molar-refractivity contribution in [3.05, 3.63) is 11.2 Å². The second-order valence-corrected chi connectivity index (χ2v) is 6.78. The molecule has 0 aromatic carbocycles. The fourth-order valence-electron chi connectivity index (χ4n) is 1.75. The molecule has 1 aromatic heterocycles. The van der Waals surface area contributed by atoms with Crippen LogP contribution >= 0.6 is 11.6 Å². The Morgan fingerprint density at radius 3 is 2.55 bits per heavy atom. The van der Waals surface area contributed by atoms with Crippen LogP contribution in [-0.4, -0.2) is 37.3 Å². The smallest absolute Gasteiger partial charge is 0.323 e. The molecule has 9 heteroatoms. The number of carbonyl (C=O) groups is 1. The first-order valence-corrected chi connectivity index (χ1v) is 7.82. The van der Waals surface area contributed by atoms with Gasteiger partial charge >= 0.3 is 5.97 Å². The molecule has 1 aromatic rings. The normalized spacial score (nSPS) is 13.5. The fourth-order valence-corrected chi connectivity index (χ4v) is 3.60. The molecular formula is C11H18ClN3O4S. The minimum atomic E-state index is -3.96. The summed E-state index contributed by atoms with van der Waals surface area (Å²) in [5, 5.41) is 3.58. The van der Waals surface area contributed by atoms with Crippen LogP contribution in [-0.2, 0) is 26.6 Å². The van der Waals surface area contributed by atoms with Crippen molar-refractivity contribution in [2.75, 3.05) is 7.11 Å². The minimum Gasteiger partial charge on any atom is -0.468 e. The van der Waals surface area contributed by atoms with Crippen LogP contribution in [0.2, 0.25) is 5.02 Å². The van der Waals surface area contributed by atoms with Gasteiger partial charge in [0, 0.05) is 7.05 Å². The lowest BCUT2D eigenvalue weighted by atomic mass is 10.1. The molecule has 20 heavy (non-hydrogen) atoms. The first kappa shape index (κ1) is 16.9. The van der Waals surface area contributed by atoms with Gasteiger partial charge in [-0.2, -0.15) is 9.82 Å². The van der Waals surface area contributed by atoms with E-state index < -0.39 is 22.0 Å². The Hall–Kier alpha value is -1.12. The summed E-state index contributed by atoms with van der Waals surface area (Å²) in [5.41, 5.74) is 0. The molecule has 1 atom stereocenters. The molecule has 7 nitrogen and oxygen atoms in total. The molecule has 0 saturated carbocycles. The number of aromatic nitrogens is 2. The summed E-state index contributed by atoms with van der Waals surface area (Å²) >= 11 is 5.81. The van der Waals surface area contributed by atoms with Crippen LogP contribution in [0.15, 0.2) is 11.2 Å². The van der Waals surface area contributed by atoms with Crippen LogP contribution in [0, 0.1) is 5.92 Å². The zero-order valence-electron chi connectivity index (χ0n) is 11.8. The van der Waals surface area contributed by atoms with Crippen LogP contribution in [0.3, 0.4) is 0 Å². The SMILES string of the molecule is COC(=O)C(CC(C)C)NS(=O)(=O)c1c(Cl)cnn1C. The average Bonchev–Trinajstić information content (AvgIpc) is 2.66. The van der Waals surface area contributed by atoms with E-state index in [2.05, 4.69) is 14.6 Å². The van der Waals surface area contributed by atoms with Gasteiger partial charge in [-0.15, -0.1) is 0 Å². The number of nitrogens with zero attached hydrogens (tertiary/aromatic N) is 2. The predicted molar refractivity (Wildman–Crippen MR) is 73.8 cm³/mol. The molecule has 1 unspecified atom stereocenters. The standard InChI is InChI=1S/C11H18ClN3O4S/c1-7(2)5-9(11(16)19-4)14-20(17,18)10-8(12)6-13-15(10)3/h6-7,9,14H,5H2,1-4H3. The van der Waals surface area contributed by atoms with E-state index >= 15 is 0 Å². The molecule has 0 amide bonds. The number of esters is 1. The average molecular weight is 324 g/mol. The number of sulfonamides is 1. The second kappa shape index (κ2) is 6.55. The zero-order valence-corrected chi connectivity index (χ0v) is 13.3. The van der Waals surface area contributed by atoms with Crippen molar-refractivity contribution in [3.63, 3.8) is 0 Å². The molecule has 0 fully saturated rings. The number of carbonyl (C=O) groups excluding carboxylic acids is 1. The monoisotopic (exact) mass is 323 g/mol. The number of ether oxygens (including phenoxy) is 1. The van der Waals surface area contributed by atoms with E-state index in [0.29, 0.717) is 6.42 Å². The predicted octanol–water partition coefficient (Wildman–Crippen LogP) is 0.939. The van der Waals surface area contributed by atoms with E-state index in [1.807, 2.05) is 13.8 Å². The number of hydrogen-bond acceptors (Lipinski definition) is 5. The fraction of sp³-hybridized carbons (Fsp3) is 0.636. The van der Waals surface area contributed by atoms with Gasteiger partial charge in [-0.05, 0) is 12.3 Å². The van der Waals surface area contributed by atoms with Crippen molar-refractivity contribution in [1.82, 2.24) is 14.5 Å². The van der Waals surface area contributed by atoms with Gasteiger partial charge in [0.25, 0.3) is 10.0 Å². The number of nitrogens with one attached hydrogen (secondary N) is 1. The topological polar surface area (TPSA) is 90.3 Å². The van der Waals surface area contributed by atoms with Crippen molar-refractivity contribution >= 4 is 27.6 Å². The number of halogens is 1. The van der Waals surface area contributed by atoms with Crippen LogP contribution < -0.4 is 4.72 Å². The zero-order chi connectivity index (χ0) is 15.5. The van der Waals surface area contributed by atoms with E-state index in [9.17, 15) is 13.2 Å². The summed E-state index contributed by atoms with van der Waals surface area (Å²) in [6.07, 6.45) is 1.55. The Morgan fingerprint density at radius 1 is 1.55 bits per heavy atom. The minimum absolute atomic E-state index is 0.00633. The molecule has 0 aliphatic carbocycles. The van der Waals surface area contributed by atoms with Gasteiger partial charge in [-0.25, -0.2) is 8.42 Å². The number of methoxy groups -OCH3 is 1. The van der Waals surface area contributed by atoms with Gasteiger partial charge in [0.1, 0.15) is 6.04 Å². The van der Waals surface area contributed by atoms with E-state index in [4.69, 9.17) is 11.6 Å². The van der Waals surface area contributed by atoms with Gasteiger partial charge < -0.3 is 4.74 Å². The highest BCUT2D eigenvalue weighted by Crippen LogP contribution is 2.20. The van der Waals surface area contributed by atoms with Crippen molar-refractivity contribution in [3.8, 4) is 0 Å². The van der Waals surface area contributed by atoms with Crippen molar-refractivity contribution in [2.45, 2.75) is 31.3 Å². The number of aryl methyl sites for hydroxylation is 1. The van der Waals surface area contributed by atoms with Gasteiger partial charge in [-0.1, -0.05) is 25.4 Å². The summed E-state index contributed by atoms with van der Waals surface area (Å²) in [6.45, 7) is 3.75. The Kier molecular flexibility index (Phi) is 5.55. The molecule has 0 spiro atoms. The Labute approximate surface area is 123 Å². The van der Waals surface area contributed by atoms with Crippen LogP contribution in [0.5, 0.6) is 0 Å². The maximum atomic E-state index is 12.3. The van der Waals surface area contributed by atoms with E-state index in [1.54, 1.807) is 0 Å². The molecule has 0 saturated heterocycles. The molecule has 0 aliphatic heterocycles.